The fraction of sp³-hybridized carbons (Fsp3) is 0.208. The summed E-state index contributed by atoms with van der Waals surface area (Å²) in [5.74, 6) is -0.517. The van der Waals surface area contributed by atoms with Crippen LogP contribution in [0.5, 0.6) is 0 Å². The number of carbonyl (C=O) groups excluding carboxylic acids is 2. The van der Waals surface area contributed by atoms with Crippen LogP contribution in [0.2, 0.25) is 0 Å². The van der Waals surface area contributed by atoms with Crippen molar-refractivity contribution in [1.29, 1.82) is 0 Å². The molecule has 1 aromatic heterocycles. The fourth-order valence-corrected chi connectivity index (χ4v) is 3.99. The Labute approximate surface area is 181 Å². The third-order valence-electron chi connectivity index (χ3n) is 5.38. The molecule has 152 valence electrons. The van der Waals surface area contributed by atoms with Crippen LogP contribution in [0.3, 0.4) is 0 Å². The van der Waals surface area contributed by atoms with Gasteiger partial charge in [-0.1, -0.05) is 44.2 Å². The Bertz CT molecular complexity index is 1190. The van der Waals surface area contributed by atoms with E-state index in [9.17, 15) is 9.59 Å². The van der Waals surface area contributed by atoms with Crippen molar-refractivity contribution in [2.75, 3.05) is 4.90 Å². The fourth-order valence-electron chi connectivity index (χ4n) is 3.71. The Kier molecular flexibility index (Phi) is 5.26. The van der Waals surface area contributed by atoms with Gasteiger partial charge in [0.25, 0.3) is 11.8 Å². The number of thiocarbonyl (C=S) groups is 1. The van der Waals surface area contributed by atoms with Gasteiger partial charge in [-0.15, -0.1) is 0 Å². The van der Waals surface area contributed by atoms with Crippen LogP contribution in [-0.2, 0) is 16.1 Å². The van der Waals surface area contributed by atoms with Gasteiger partial charge in [0.15, 0.2) is 5.11 Å². The van der Waals surface area contributed by atoms with Gasteiger partial charge in [0.05, 0.1) is 5.69 Å². The molecule has 1 aliphatic rings. The second-order valence-electron chi connectivity index (χ2n) is 7.59. The van der Waals surface area contributed by atoms with Crippen molar-refractivity contribution < 1.29 is 9.59 Å². The molecule has 1 fully saturated rings. The molecular weight excluding hydrogens is 394 g/mol. The molecule has 0 atom stereocenters. The van der Waals surface area contributed by atoms with E-state index >= 15 is 0 Å². The van der Waals surface area contributed by atoms with Crippen LogP contribution in [0.1, 0.15) is 37.8 Å². The Morgan fingerprint density at radius 1 is 1.07 bits per heavy atom. The summed E-state index contributed by atoms with van der Waals surface area (Å²) in [5.41, 5.74) is 3.76. The minimum atomic E-state index is -0.478. The van der Waals surface area contributed by atoms with Gasteiger partial charge >= 0.3 is 0 Å². The first-order chi connectivity index (χ1) is 14.4. The number of hydrogen-bond donors (Lipinski definition) is 1. The molecular formula is C24H23N3O2S. The van der Waals surface area contributed by atoms with Gasteiger partial charge < -0.3 is 4.57 Å². The molecule has 0 bridgehead atoms. The molecule has 0 spiro atoms. The van der Waals surface area contributed by atoms with Crippen molar-refractivity contribution in [3.8, 4) is 0 Å². The topological polar surface area (TPSA) is 54.3 Å². The predicted octanol–water partition coefficient (Wildman–Crippen LogP) is 4.62. The molecule has 2 aromatic carbocycles. The van der Waals surface area contributed by atoms with E-state index in [1.807, 2.05) is 54.7 Å². The molecule has 6 heteroatoms. The Hall–Kier alpha value is -3.25. The number of aryl methyl sites for hydroxylation is 1. The van der Waals surface area contributed by atoms with Crippen LogP contribution in [0, 0.1) is 0 Å². The molecule has 4 rings (SSSR count). The highest BCUT2D eigenvalue weighted by Crippen LogP contribution is 2.27. The molecule has 0 radical (unpaired) electrons. The molecule has 3 aromatic rings. The van der Waals surface area contributed by atoms with Crippen LogP contribution >= 0.6 is 12.2 Å². The number of hydrogen-bond acceptors (Lipinski definition) is 3. The predicted molar refractivity (Wildman–Crippen MR) is 124 cm³/mol. The van der Waals surface area contributed by atoms with Crippen molar-refractivity contribution in [3.05, 3.63) is 71.4 Å². The maximum Gasteiger partial charge on any atom is 0.270 e. The van der Waals surface area contributed by atoms with Crippen molar-refractivity contribution in [2.45, 2.75) is 33.2 Å². The summed E-state index contributed by atoms with van der Waals surface area (Å²) in [7, 11) is 0. The van der Waals surface area contributed by atoms with Gasteiger partial charge in [-0.05, 0) is 54.9 Å². The van der Waals surface area contributed by atoms with E-state index in [1.54, 1.807) is 6.08 Å². The first kappa shape index (κ1) is 20.0. The van der Waals surface area contributed by atoms with Gasteiger partial charge in [-0.2, -0.15) is 0 Å². The zero-order valence-corrected chi connectivity index (χ0v) is 18.0. The van der Waals surface area contributed by atoms with E-state index in [-0.39, 0.29) is 10.7 Å². The first-order valence-corrected chi connectivity index (χ1v) is 10.4. The minimum Gasteiger partial charge on any atom is -0.347 e. The van der Waals surface area contributed by atoms with Gasteiger partial charge in [0.1, 0.15) is 5.57 Å². The van der Waals surface area contributed by atoms with Gasteiger partial charge in [-0.25, -0.2) is 0 Å². The average molecular weight is 418 g/mol. The quantitative estimate of drug-likeness (QED) is 0.383. The number of anilines is 1. The zero-order valence-electron chi connectivity index (χ0n) is 17.2. The molecule has 1 aliphatic heterocycles. The summed E-state index contributed by atoms with van der Waals surface area (Å²) in [4.78, 5) is 27.3. The smallest absolute Gasteiger partial charge is 0.270 e. The molecule has 0 saturated carbocycles. The van der Waals surface area contributed by atoms with E-state index in [1.165, 1.54) is 10.5 Å². The van der Waals surface area contributed by atoms with E-state index in [2.05, 4.69) is 30.7 Å². The third kappa shape index (κ3) is 3.44. The lowest BCUT2D eigenvalue weighted by atomic mass is 10.0. The molecule has 2 heterocycles. The van der Waals surface area contributed by atoms with Gasteiger partial charge in [0.2, 0.25) is 0 Å². The lowest BCUT2D eigenvalue weighted by molar-refractivity contribution is -0.122. The Morgan fingerprint density at radius 2 is 1.77 bits per heavy atom. The number of nitrogens with zero attached hydrogens (tertiary/aromatic N) is 2. The van der Waals surface area contributed by atoms with E-state index < -0.39 is 11.8 Å². The second kappa shape index (κ2) is 7.88. The minimum absolute atomic E-state index is 0.0653. The number of carbonyl (C=O) groups is 2. The van der Waals surface area contributed by atoms with Gasteiger partial charge in [-0.3, -0.25) is 19.8 Å². The Balaban J connectivity index is 1.76. The highest BCUT2D eigenvalue weighted by atomic mass is 32.1. The van der Waals surface area contributed by atoms with Gasteiger partial charge in [0, 0.05) is 29.2 Å². The number of para-hydroxylation sites is 1. The van der Waals surface area contributed by atoms with Crippen LogP contribution < -0.4 is 10.2 Å². The zero-order chi connectivity index (χ0) is 21.4. The molecule has 1 N–H and O–H groups in total. The summed E-state index contributed by atoms with van der Waals surface area (Å²) in [6.45, 7) is 7.07. The average Bonchev–Trinajstić information content (AvgIpc) is 3.09. The van der Waals surface area contributed by atoms with Crippen LogP contribution in [0.15, 0.2) is 60.3 Å². The summed E-state index contributed by atoms with van der Waals surface area (Å²) >= 11 is 5.31. The highest BCUT2D eigenvalue weighted by molar-refractivity contribution is 7.80. The number of fused-ring (bicyclic) bond motifs is 1. The number of benzene rings is 2. The normalized spacial score (nSPS) is 16.1. The molecule has 0 unspecified atom stereocenters. The van der Waals surface area contributed by atoms with Crippen molar-refractivity contribution in [1.82, 2.24) is 9.88 Å². The van der Waals surface area contributed by atoms with E-state index in [4.69, 9.17) is 12.2 Å². The molecule has 5 nitrogen and oxygen atoms in total. The van der Waals surface area contributed by atoms with Crippen molar-refractivity contribution in [2.24, 2.45) is 0 Å². The third-order valence-corrected chi connectivity index (χ3v) is 5.66. The highest BCUT2D eigenvalue weighted by Gasteiger charge is 2.34. The Morgan fingerprint density at radius 3 is 2.43 bits per heavy atom. The maximum absolute atomic E-state index is 13.3. The maximum atomic E-state index is 13.3. The number of rotatable bonds is 4. The SMILES string of the molecule is CCn1cc(/C=C2\C(=O)NC(=S)N(c3ccc(C(C)C)cc3)C2=O)c2ccccc21. The first-order valence-electron chi connectivity index (χ1n) is 10.00. The standard InChI is InChI=1S/C24H23N3O2S/c1-4-26-14-17(19-7-5-6-8-21(19)26)13-20-22(28)25-24(30)27(23(20)29)18-11-9-16(10-12-18)15(2)3/h5-15H,4H2,1-3H3,(H,25,28,30)/b20-13+. The summed E-state index contributed by atoms with van der Waals surface area (Å²) in [6.07, 6.45) is 3.62. The summed E-state index contributed by atoms with van der Waals surface area (Å²) < 4.78 is 2.10. The number of aromatic nitrogens is 1. The number of nitrogens with one attached hydrogen (secondary N) is 1. The molecule has 30 heavy (non-hydrogen) atoms. The monoisotopic (exact) mass is 417 g/mol. The van der Waals surface area contributed by atoms with Crippen LogP contribution in [0.4, 0.5) is 5.69 Å². The van der Waals surface area contributed by atoms with Crippen molar-refractivity contribution >= 4 is 51.8 Å². The number of amides is 2. The summed E-state index contributed by atoms with van der Waals surface area (Å²) in [5, 5.41) is 3.74. The second-order valence-corrected chi connectivity index (χ2v) is 7.98. The van der Waals surface area contributed by atoms with E-state index in [0.717, 1.165) is 23.0 Å². The lowest BCUT2D eigenvalue weighted by Crippen LogP contribution is -2.54. The lowest BCUT2D eigenvalue weighted by Gasteiger charge is -2.29. The van der Waals surface area contributed by atoms with E-state index in [0.29, 0.717) is 11.6 Å². The van der Waals surface area contributed by atoms with Crippen LogP contribution in [0.25, 0.3) is 17.0 Å². The van der Waals surface area contributed by atoms with Crippen molar-refractivity contribution in [3.63, 3.8) is 0 Å². The summed E-state index contributed by atoms with van der Waals surface area (Å²) in [6, 6.07) is 15.6. The molecule has 1 saturated heterocycles. The largest absolute Gasteiger partial charge is 0.347 e. The molecule has 2 amide bonds. The van der Waals surface area contributed by atoms with Crippen LogP contribution in [-0.4, -0.2) is 21.5 Å². The molecule has 0 aliphatic carbocycles.